The standard InChI is InChI=1S/C17H33NO11/c1-2-3-4-17(15(26,7-18)13(24)11(22)10(6-20)28-17)29-16(8-21)14(25)12(23)9(5-19)27-16/h9-14,19-26H,2-8,18H2,1H3/t9-,10-,11-,12-,13+,14+,15-,16?,17+/m1/s1. The zero-order chi connectivity index (χ0) is 22.0. The number of aliphatic hydroxyl groups excluding tert-OH is 7. The Labute approximate surface area is 168 Å². The monoisotopic (exact) mass is 427 g/mol. The van der Waals surface area contributed by atoms with Crippen molar-refractivity contribution in [1.82, 2.24) is 0 Å². The molecular formula is C17H33NO11. The number of unbranched alkanes of at least 4 members (excludes halogenated alkanes) is 1. The van der Waals surface area contributed by atoms with Gasteiger partial charge in [-0.2, -0.15) is 0 Å². The minimum atomic E-state index is -2.43. The van der Waals surface area contributed by atoms with Crippen LogP contribution < -0.4 is 5.73 Å². The normalized spacial score (nSPS) is 48.2. The maximum Gasteiger partial charge on any atom is 0.224 e. The Morgan fingerprint density at radius 3 is 1.93 bits per heavy atom. The van der Waals surface area contributed by atoms with Gasteiger partial charge in [-0.05, 0) is 6.42 Å². The van der Waals surface area contributed by atoms with Crippen LogP contribution in [0.1, 0.15) is 26.2 Å². The number of rotatable bonds is 9. The van der Waals surface area contributed by atoms with Crippen LogP contribution in [0.5, 0.6) is 0 Å². The summed E-state index contributed by atoms with van der Waals surface area (Å²) in [5.41, 5.74) is 3.27. The Hall–Kier alpha value is -0.480. The van der Waals surface area contributed by atoms with Crippen LogP contribution in [0, 0.1) is 0 Å². The minimum absolute atomic E-state index is 0.130. The lowest BCUT2D eigenvalue weighted by atomic mass is 9.77. The quantitative estimate of drug-likeness (QED) is 0.170. The molecule has 2 saturated heterocycles. The molecule has 0 amide bonds. The highest BCUT2D eigenvalue weighted by atomic mass is 16.8. The first-order valence-corrected chi connectivity index (χ1v) is 9.65. The van der Waals surface area contributed by atoms with Gasteiger partial charge in [0, 0.05) is 13.0 Å². The average Bonchev–Trinajstić information content (AvgIpc) is 2.97. The van der Waals surface area contributed by atoms with Gasteiger partial charge in [0.15, 0.2) is 5.60 Å². The summed E-state index contributed by atoms with van der Waals surface area (Å²) in [6, 6.07) is 0. The van der Waals surface area contributed by atoms with Crippen molar-refractivity contribution >= 4 is 0 Å². The first kappa shape index (κ1) is 24.8. The van der Waals surface area contributed by atoms with E-state index in [0.29, 0.717) is 12.8 Å². The van der Waals surface area contributed by atoms with E-state index < -0.39 is 80.2 Å². The van der Waals surface area contributed by atoms with Gasteiger partial charge in [-0.1, -0.05) is 13.3 Å². The van der Waals surface area contributed by atoms with E-state index in [-0.39, 0.29) is 6.42 Å². The largest absolute Gasteiger partial charge is 0.394 e. The van der Waals surface area contributed by atoms with Crippen molar-refractivity contribution in [2.45, 2.75) is 80.0 Å². The van der Waals surface area contributed by atoms with Crippen LogP contribution in [0.4, 0.5) is 0 Å². The Morgan fingerprint density at radius 2 is 1.48 bits per heavy atom. The molecule has 2 aliphatic rings. The van der Waals surface area contributed by atoms with Gasteiger partial charge >= 0.3 is 0 Å². The van der Waals surface area contributed by atoms with Crippen LogP contribution in [0.15, 0.2) is 0 Å². The van der Waals surface area contributed by atoms with E-state index in [2.05, 4.69) is 0 Å². The Bertz CT molecular complexity index is 542. The van der Waals surface area contributed by atoms with Crippen LogP contribution in [0.25, 0.3) is 0 Å². The molecule has 9 atom stereocenters. The minimum Gasteiger partial charge on any atom is -0.394 e. The third-order valence-electron chi connectivity index (χ3n) is 5.79. The zero-order valence-electron chi connectivity index (χ0n) is 16.3. The maximum atomic E-state index is 11.2. The molecule has 12 nitrogen and oxygen atoms in total. The third-order valence-corrected chi connectivity index (χ3v) is 5.79. The van der Waals surface area contributed by atoms with Crippen LogP contribution in [-0.2, 0) is 14.2 Å². The van der Waals surface area contributed by atoms with Crippen molar-refractivity contribution in [3.8, 4) is 0 Å². The van der Waals surface area contributed by atoms with Crippen molar-refractivity contribution in [3.05, 3.63) is 0 Å². The number of ether oxygens (including phenoxy) is 3. The summed E-state index contributed by atoms with van der Waals surface area (Å²) in [5, 5.41) is 81.4. The molecule has 10 N–H and O–H groups in total. The lowest BCUT2D eigenvalue weighted by Crippen LogP contribution is -2.78. The highest BCUT2D eigenvalue weighted by Crippen LogP contribution is 2.47. The molecule has 0 aromatic rings. The molecule has 12 heteroatoms. The summed E-state index contributed by atoms with van der Waals surface area (Å²) in [5.74, 6) is -4.58. The summed E-state index contributed by atoms with van der Waals surface area (Å²) in [7, 11) is 0. The van der Waals surface area contributed by atoms with E-state index in [1.54, 1.807) is 0 Å². The number of nitrogens with two attached hydrogens (primary N) is 1. The van der Waals surface area contributed by atoms with E-state index in [1.807, 2.05) is 6.92 Å². The van der Waals surface area contributed by atoms with Crippen molar-refractivity contribution in [3.63, 3.8) is 0 Å². The summed E-state index contributed by atoms with van der Waals surface area (Å²) >= 11 is 0. The van der Waals surface area contributed by atoms with E-state index in [4.69, 9.17) is 19.9 Å². The fourth-order valence-electron chi connectivity index (χ4n) is 3.93. The molecule has 0 spiro atoms. The van der Waals surface area contributed by atoms with Gasteiger partial charge in [-0.15, -0.1) is 0 Å². The molecule has 2 aliphatic heterocycles. The molecule has 0 saturated carbocycles. The van der Waals surface area contributed by atoms with Crippen LogP contribution in [0.3, 0.4) is 0 Å². The Balaban J connectivity index is 2.54. The molecule has 1 unspecified atom stereocenters. The Morgan fingerprint density at radius 1 is 0.931 bits per heavy atom. The second-order valence-electron chi connectivity index (χ2n) is 7.61. The first-order chi connectivity index (χ1) is 13.6. The van der Waals surface area contributed by atoms with Gasteiger partial charge in [0.05, 0.1) is 13.2 Å². The third kappa shape index (κ3) is 3.93. The van der Waals surface area contributed by atoms with Crippen LogP contribution in [-0.4, -0.2) is 121 Å². The highest BCUT2D eigenvalue weighted by Gasteiger charge is 2.68. The number of hydrogen-bond acceptors (Lipinski definition) is 12. The van der Waals surface area contributed by atoms with Gasteiger partial charge < -0.3 is 60.8 Å². The molecule has 0 aromatic heterocycles. The molecular weight excluding hydrogens is 394 g/mol. The summed E-state index contributed by atoms with van der Waals surface area (Å²) in [4.78, 5) is 0. The highest BCUT2D eigenvalue weighted by molar-refractivity contribution is 5.11. The Kier molecular flexibility index (Phi) is 7.98. The lowest BCUT2D eigenvalue weighted by Gasteiger charge is -2.57. The molecule has 2 heterocycles. The van der Waals surface area contributed by atoms with Gasteiger partial charge in [0.1, 0.15) is 43.2 Å². The average molecular weight is 427 g/mol. The number of hydrogen-bond donors (Lipinski definition) is 9. The van der Waals surface area contributed by atoms with Gasteiger partial charge in [-0.25, -0.2) is 0 Å². The van der Waals surface area contributed by atoms with Gasteiger partial charge in [0.2, 0.25) is 11.6 Å². The van der Waals surface area contributed by atoms with E-state index in [9.17, 15) is 40.9 Å². The fourth-order valence-corrected chi connectivity index (χ4v) is 3.93. The molecule has 0 aliphatic carbocycles. The van der Waals surface area contributed by atoms with Crippen LogP contribution in [0.2, 0.25) is 0 Å². The van der Waals surface area contributed by atoms with Crippen molar-refractivity contribution in [2.24, 2.45) is 5.73 Å². The molecule has 29 heavy (non-hydrogen) atoms. The van der Waals surface area contributed by atoms with Gasteiger partial charge in [0.25, 0.3) is 0 Å². The smallest absolute Gasteiger partial charge is 0.224 e. The van der Waals surface area contributed by atoms with E-state index in [0.717, 1.165) is 0 Å². The summed E-state index contributed by atoms with van der Waals surface area (Å²) in [6.45, 7) is -1.29. The van der Waals surface area contributed by atoms with Crippen molar-refractivity contribution < 1.29 is 55.1 Å². The van der Waals surface area contributed by atoms with Crippen LogP contribution >= 0.6 is 0 Å². The molecule has 2 rings (SSSR count). The lowest BCUT2D eigenvalue weighted by molar-refractivity contribution is -0.458. The molecule has 0 radical (unpaired) electrons. The first-order valence-electron chi connectivity index (χ1n) is 9.65. The van der Waals surface area contributed by atoms with Crippen molar-refractivity contribution in [1.29, 1.82) is 0 Å². The zero-order valence-corrected chi connectivity index (χ0v) is 16.3. The molecule has 0 bridgehead atoms. The summed E-state index contributed by atoms with van der Waals surface area (Å²) < 4.78 is 16.9. The maximum absolute atomic E-state index is 11.2. The second kappa shape index (κ2) is 9.34. The molecule has 172 valence electrons. The molecule has 2 fully saturated rings. The predicted molar refractivity (Wildman–Crippen MR) is 95.1 cm³/mol. The van der Waals surface area contributed by atoms with Gasteiger partial charge in [-0.3, -0.25) is 0 Å². The topological polar surface area (TPSA) is 216 Å². The number of aliphatic hydroxyl groups is 8. The van der Waals surface area contributed by atoms with Crippen molar-refractivity contribution in [2.75, 3.05) is 26.4 Å². The summed E-state index contributed by atoms with van der Waals surface area (Å²) in [6.07, 6.45) is -9.00. The second-order valence-corrected chi connectivity index (χ2v) is 7.61. The van der Waals surface area contributed by atoms with E-state index in [1.165, 1.54) is 0 Å². The predicted octanol–water partition coefficient (Wildman–Crippen LogP) is -4.51. The molecule has 0 aromatic carbocycles. The fraction of sp³-hybridized carbons (Fsp3) is 1.00. The SMILES string of the molecule is CCCC[C@@]1(OC2(CO)O[C@H](CO)[C@@H](O)[C@@H]2O)O[C@H](CO)[C@@H](O)[C@H](O)[C@]1(O)CN. The van der Waals surface area contributed by atoms with E-state index >= 15 is 0 Å².